The Morgan fingerprint density at radius 2 is 2.00 bits per heavy atom. The van der Waals surface area contributed by atoms with Crippen molar-refractivity contribution in [3.8, 4) is 0 Å². The van der Waals surface area contributed by atoms with Crippen LogP contribution in [0.1, 0.15) is 24.5 Å². The van der Waals surface area contributed by atoms with Crippen LogP contribution in [-0.4, -0.2) is 24.3 Å². The Hall–Kier alpha value is -1.35. The highest BCUT2D eigenvalue weighted by atomic mass is 16.5. The van der Waals surface area contributed by atoms with Gasteiger partial charge in [0, 0.05) is 5.92 Å². The summed E-state index contributed by atoms with van der Waals surface area (Å²) in [5.41, 5.74) is 1.22. The number of benzene rings is 1. The highest BCUT2D eigenvalue weighted by molar-refractivity contribution is 5.80. The smallest absolute Gasteiger partial charge is 0.313 e. The number of rotatable bonds is 4. The molecule has 3 heteroatoms. The summed E-state index contributed by atoms with van der Waals surface area (Å²) in [6.45, 7) is 5.18. The molecule has 1 aliphatic rings. The van der Waals surface area contributed by atoms with Crippen LogP contribution in [0, 0.1) is 12.8 Å². The highest BCUT2D eigenvalue weighted by Gasteiger charge is 2.39. The molecule has 0 radical (unpaired) electrons. The lowest BCUT2D eigenvalue weighted by Crippen LogP contribution is -2.40. The predicted molar refractivity (Wildman–Crippen MR) is 65.1 cm³/mol. The number of aryl methyl sites for hydroxylation is 1. The van der Waals surface area contributed by atoms with Crippen LogP contribution in [0.2, 0.25) is 0 Å². The summed E-state index contributed by atoms with van der Waals surface area (Å²) in [7, 11) is 0. The summed E-state index contributed by atoms with van der Waals surface area (Å²) in [4.78, 5) is 11.5. The molecule has 3 nitrogen and oxygen atoms in total. The Labute approximate surface area is 101 Å². The van der Waals surface area contributed by atoms with E-state index in [1.54, 1.807) is 6.92 Å². The molecular formula is C14H18O3. The zero-order valence-corrected chi connectivity index (χ0v) is 10.3. The molecule has 0 aromatic heterocycles. The third-order valence-corrected chi connectivity index (χ3v) is 3.56. The summed E-state index contributed by atoms with van der Waals surface area (Å²) in [6.07, 6.45) is 0.644. The first-order valence-corrected chi connectivity index (χ1v) is 5.90. The van der Waals surface area contributed by atoms with E-state index in [9.17, 15) is 9.90 Å². The van der Waals surface area contributed by atoms with Gasteiger partial charge in [0.1, 0.15) is 0 Å². The number of hydrogen-bond donors (Lipinski definition) is 1. The predicted octanol–water partition coefficient (Wildman–Crippen LogP) is 2.37. The molecule has 0 spiro atoms. The lowest BCUT2D eigenvalue weighted by atomic mass is 9.74. The molecule has 1 aliphatic heterocycles. The summed E-state index contributed by atoms with van der Waals surface area (Å²) < 4.78 is 5.12. The first-order chi connectivity index (χ1) is 8.02. The van der Waals surface area contributed by atoms with Crippen LogP contribution in [-0.2, 0) is 14.9 Å². The fraction of sp³-hybridized carbons (Fsp3) is 0.500. The van der Waals surface area contributed by atoms with Gasteiger partial charge in [0.05, 0.1) is 18.6 Å². The Bertz CT molecular complexity index is 406. The maximum atomic E-state index is 11.5. The van der Waals surface area contributed by atoms with E-state index in [0.29, 0.717) is 25.6 Å². The summed E-state index contributed by atoms with van der Waals surface area (Å²) in [5.74, 6) is -0.384. The van der Waals surface area contributed by atoms with E-state index in [1.807, 2.05) is 31.2 Å². The van der Waals surface area contributed by atoms with E-state index >= 15 is 0 Å². The van der Waals surface area contributed by atoms with Gasteiger partial charge >= 0.3 is 5.97 Å². The minimum absolute atomic E-state index is 0.373. The highest BCUT2D eigenvalue weighted by Crippen LogP contribution is 2.34. The van der Waals surface area contributed by atoms with Gasteiger partial charge in [0.15, 0.2) is 0 Å². The van der Waals surface area contributed by atoms with Gasteiger partial charge in [-0.15, -0.1) is 0 Å². The van der Waals surface area contributed by atoms with Crippen molar-refractivity contribution in [1.29, 1.82) is 0 Å². The molecule has 1 aromatic rings. The van der Waals surface area contributed by atoms with Gasteiger partial charge < -0.3 is 9.84 Å². The fourth-order valence-corrected chi connectivity index (χ4v) is 2.23. The fourth-order valence-electron chi connectivity index (χ4n) is 2.23. The first-order valence-electron chi connectivity index (χ1n) is 5.90. The Balaban J connectivity index is 2.25. The molecule has 1 heterocycles. The molecule has 0 aliphatic carbocycles. The van der Waals surface area contributed by atoms with Gasteiger partial charge in [0.25, 0.3) is 0 Å². The Morgan fingerprint density at radius 3 is 2.41 bits per heavy atom. The lowest BCUT2D eigenvalue weighted by Gasteiger charge is -2.34. The van der Waals surface area contributed by atoms with Gasteiger partial charge in [-0.1, -0.05) is 29.8 Å². The normalized spacial score (nSPS) is 19.4. The van der Waals surface area contributed by atoms with Crippen molar-refractivity contribution in [2.75, 3.05) is 13.2 Å². The van der Waals surface area contributed by atoms with Crippen molar-refractivity contribution in [3.63, 3.8) is 0 Å². The van der Waals surface area contributed by atoms with Gasteiger partial charge in [-0.05, 0) is 25.8 Å². The topological polar surface area (TPSA) is 46.5 Å². The monoisotopic (exact) mass is 234 g/mol. The van der Waals surface area contributed by atoms with Crippen LogP contribution in [0.15, 0.2) is 24.3 Å². The molecule has 0 saturated carbocycles. The zero-order valence-electron chi connectivity index (χ0n) is 10.3. The van der Waals surface area contributed by atoms with Crippen molar-refractivity contribution in [3.05, 3.63) is 35.4 Å². The molecule has 1 fully saturated rings. The van der Waals surface area contributed by atoms with Crippen LogP contribution >= 0.6 is 0 Å². The van der Waals surface area contributed by atoms with Crippen LogP contribution in [0.4, 0.5) is 0 Å². The summed E-state index contributed by atoms with van der Waals surface area (Å²) >= 11 is 0. The third-order valence-electron chi connectivity index (χ3n) is 3.56. The average molecular weight is 234 g/mol. The second-order valence-corrected chi connectivity index (χ2v) is 5.11. The second kappa shape index (κ2) is 4.49. The number of hydrogen-bond acceptors (Lipinski definition) is 2. The van der Waals surface area contributed by atoms with E-state index in [-0.39, 0.29) is 0 Å². The summed E-state index contributed by atoms with van der Waals surface area (Å²) in [6, 6.07) is 7.77. The largest absolute Gasteiger partial charge is 0.481 e. The quantitative estimate of drug-likeness (QED) is 0.870. The van der Waals surface area contributed by atoms with E-state index in [1.165, 1.54) is 0 Å². The number of carboxylic acids is 1. The molecule has 1 aromatic carbocycles. The maximum Gasteiger partial charge on any atom is 0.313 e. The first kappa shape index (κ1) is 12.1. The maximum absolute atomic E-state index is 11.5. The van der Waals surface area contributed by atoms with Crippen LogP contribution in [0.5, 0.6) is 0 Å². The van der Waals surface area contributed by atoms with E-state index < -0.39 is 11.4 Å². The molecule has 92 valence electrons. The number of carboxylic acid groups (broad SMARTS) is 1. The molecule has 1 saturated heterocycles. The molecule has 1 atom stereocenters. The average Bonchev–Trinajstić information content (AvgIpc) is 2.24. The summed E-state index contributed by atoms with van der Waals surface area (Å²) in [5, 5.41) is 9.48. The number of carbonyl (C=O) groups is 1. The van der Waals surface area contributed by atoms with Crippen LogP contribution in [0.25, 0.3) is 0 Å². The third kappa shape index (κ3) is 2.34. The molecular weight excluding hydrogens is 216 g/mol. The molecule has 1 N–H and O–H groups in total. The van der Waals surface area contributed by atoms with Crippen molar-refractivity contribution >= 4 is 5.97 Å². The van der Waals surface area contributed by atoms with Gasteiger partial charge in [0.2, 0.25) is 0 Å². The molecule has 0 bridgehead atoms. The zero-order chi connectivity index (χ0) is 12.5. The van der Waals surface area contributed by atoms with Crippen LogP contribution < -0.4 is 0 Å². The standard InChI is InChI=1S/C14H18O3/c1-10-3-5-12(6-4-10)14(2,13(15)16)7-11-8-17-9-11/h3-6,11H,7-9H2,1-2H3,(H,15,16). The molecule has 0 amide bonds. The van der Waals surface area contributed by atoms with Gasteiger partial charge in [-0.2, -0.15) is 0 Å². The SMILES string of the molecule is Cc1ccc(C(C)(CC2COC2)C(=O)O)cc1. The van der Waals surface area contributed by atoms with Crippen molar-refractivity contribution in [2.24, 2.45) is 5.92 Å². The minimum atomic E-state index is -0.803. The number of ether oxygens (including phenoxy) is 1. The van der Waals surface area contributed by atoms with Crippen molar-refractivity contribution in [2.45, 2.75) is 25.7 Å². The van der Waals surface area contributed by atoms with Crippen molar-refractivity contribution < 1.29 is 14.6 Å². The lowest BCUT2D eigenvalue weighted by molar-refractivity contribution is -0.145. The van der Waals surface area contributed by atoms with E-state index in [0.717, 1.165) is 11.1 Å². The van der Waals surface area contributed by atoms with Gasteiger partial charge in [-0.25, -0.2) is 0 Å². The van der Waals surface area contributed by atoms with E-state index in [2.05, 4.69) is 0 Å². The minimum Gasteiger partial charge on any atom is -0.481 e. The van der Waals surface area contributed by atoms with Crippen LogP contribution in [0.3, 0.4) is 0 Å². The second-order valence-electron chi connectivity index (χ2n) is 5.11. The van der Waals surface area contributed by atoms with E-state index in [4.69, 9.17) is 4.74 Å². The van der Waals surface area contributed by atoms with Crippen molar-refractivity contribution in [1.82, 2.24) is 0 Å². The van der Waals surface area contributed by atoms with Gasteiger partial charge in [-0.3, -0.25) is 4.79 Å². The number of aliphatic carboxylic acids is 1. The molecule has 2 rings (SSSR count). The Kier molecular flexibility index (Phi) is 3.20. The Morgan fingerprint density at radius 1 is 1.41 bits per heavy atom. The molecule has 17 heavy (non-hydrogen) atoms. The molecule has 1 unspecified atom stereocenters.